The van der Waals surface area contributed by atoms with Crippen molar-refractivity contribution < 1.29 is 33.5 Å². The van der Waals surface area contributed by atoms with E-state index in [9.17, 15) is 9.82 Å². The molecule has 1 aliphatic rings. The lowest BCUT2D eigenvalue weighted by molar-refractivity contribution is -0.191. The van der Waals surface area contributed by atoms with Crippen molar-refractivity contribution >= 4 is 24.7 Å². The molecule has 9 nitrogen and oxygen atoms in total. The fourth-order valence-electron chi connectivity index (χ4n) is 2.87. The Balaban J connectivity index is 0.000000878. The van der Waals surface area contributed by atoms with Crippen molar-refractivity contribution in [1.82, 2.24) is 9.97 Å². The number of aromatic nitrogens is 2. The highest BCUT2D eigenvalue weighted by Crippen LogP contribution is 2.33. The van der Waals surface area contributed by atoms with Crippen molar-refractivity contribution in [2.75, 3.05) is 6.61 Å². The summed E-state index contributed by atoms with van der Waals surface area (Å²) >= 11 is 0. The summed E-state index contributed by atoms with van der Waals surface area (Å²) in [6.07, 6.45) is 2.93. The summed E-state index contributed by atoms with van der Waals surface area (Å²) < 4.78 is 16.2. The first-order valence-electron chi connectivity index (χ1n) is 8.48. The first-order valence-corrected chi connectivity index (χ1v) is 8.48. The Morgan fingerprint density at radius 1 is 1.29 bits per heavy atom. The van der Waals surface area contributed by atoms with Gasteiger partial charge < -0.3 is 19.2 Å². The Bertz CT molecular complexity index is 867. The van der Waals surface area contributed by atoms with Crippen LogP contribution in [0.4, 0.5) is 0 Å². The number of nitrogens with zero attached hydrogens (tertiary/aromatic N) is 2. The highest BCUT2D eigenvalue weighted by molar-refractivity contribution is 6.62. The van der Waals surface area contributed by atoms with Crippen molar-refractivity contribution in [3.63, 3.8) is 0 Å². The van der Waals surface area contributed by atoms with Gasteiger partial charge in [0.2, 0.25) is 5.88 Å². The molecule has 1 aromatic heterocycles. The van der Waals surface area contributed by atoms with E-state index in [4.69, 9.17) is 23.7 Å². The van der Waals surface area contributed by atoms with Crippen molar-refractivity contribution in [2.45, 2.75) is 33.3 Å². The largest absolute Gasteiger partial charge is 0.492 e. The quantitative estimate of drug-likeness (QED) is 0.592. The second kappa shape index (κ2) is 9.75. The number of esters is 1. The molecule has 1 aliphatic heterocycles. The van der Waals surface area contributed by atoms with E-state index in [0.717, 1.165) is 16.8 Å². The van der Waals surface area contributed by atoms with Gasteiger partial charge in [0, 0.05) is 0 Å². The Hall–Kier alpha value is -3.07. The summed E-state index contributed by atoms with van der Waals surface area (Å²) in [4.78, 5) is 36.3. The molecule has 0 radical (unpaired) electrons. The van der Waals surface area contributed by atoms with Crippen molar-refractivity contribution in [3.8, 4) is 11.6 Å². The summed E-state index contributed by atoms with van der Waals surface area (Å²) in [5.74, 6) is 0.525. The molecule has 1 unspecified atom stereocenters. The zero-order chi connectivity index (χ0) is 20.7. The minimum atomic E-state index is -1.11. The predicted molar refractivity (Wildman–Crippen MR) is 95.7 cm³/mol. The Morgan fingerprint density at radius 2 is 2.00 bits per heavy atom. The van der Waals surface area contributed by atoms with Gasteiger partial charge >= 0.3 is 19.2 Å². The molecular formula is C18H19BN2O7. The number of aryl methyl sites for hydroxylation is 2. The zero-order valence-corrected chi connectivity index (χ0v) is 15.7. The van der Waals surface area contributed by atoms with Crippen LogP contribution in [0.5, 0.6) is 11.6 Å². The lowest BCUT2D eigenvalue weighted by atomic mass is 9.77. The number of fused-ring (bicyclic) bond motifs is 1. The van der Waals surface area contributed by atoms with Crippen LogP contribution in [0.15, 0.2) is 24.5 Å². The van der Waals surface area contributed by atoms with Crippen LogP contribution in [0.2, 0.25) is 0 Å². The molecule has 1 N–H and O–H groups in total. The van der Waals surface area contributed by atoms with Crippen LogP contribution < -0.4 is 10.2 Å². The minimum Gasteiger partial charge on any atom is -0.466 e. The van der Waals surface area contributed by atoms with Gasteiger partial charge in [0.15, 0.2) is 0 Å². The van der Waals surface area contributed by atoms with Crippen LogP contribution in [0, 0.1) is 13.8 Å². The number of hydrogen-bond acceptors (Lipinski definition) is 9. The summed E-state index contributed by atoms with van der Waals surface area (Å²) in [6, 6.07) is 3.51. The number of carbonyl (C=O) groups is 1. The topological polar surface area (TPSA) is 125 Å². The van der Waals surface area contributed by atoms with Gasteiger partial charge in [-0.15, -0.1) is 0 Å². The van der Waals surface area contributed by atoms with Gasteiger partial charge in [-0.05, 0) is 49.5 Å². The molecule has 2 aromatic rings. The molecule has 1 atom stereocenters. The maximum Gasteiger partial charge on any atom is 0.492 e. The van der Waals surface area contributed by atoms with Crippen LogP contribution in [0.1, 0.15) is 36.3 Å². The minimum absolute atomic E-state index is 0.0579. The predicted octanol–water partition coefficient (Wildman–Crippen LogP) is 1.01. The monoisotopic (exact) mass is 386 g/mol. The Kier molecular flexibility index (Phi) is 7.39. The van der Waals surface area contributed by atoms with Crippen molar-refractivity contribution in [2.24, 2.45) is 0 Å². The molecule has 10 heteroatoms. The second-order valence-electron chi connectivity index (χ2n) is 5.91. The average Bonchev–Trinajstić information content (AvgIpc) is 2.94. The molecule has 0 aliphatic carbocycles. The third kappa shape index (κ3) is 5.23. The fourth-order valence-corrected chi connectivity index (χ4v) is 2.87. The zero-order valence-electron chi connectivity index (χ0n) is 15.7. The van der Waals surface area contributed by atoms with Crippen LogP contribution in [-0.4, -0.2) is 40.8 Å². The summed E-state index contributed by atoms with van der Waals surface area (Å²) in [6.45, 7) is 5.78. The molecule has 3 rings (SSSR count). The number of rotatable bonds is 5. The lowest BCUT2D eigenvalue weighted by Crippen LogP contribution is -2.28. The number of carbonyl (C=O) groups excluding carboxylic acids is 3. The maximum atomic E-state index is 11.7. The Morgan fingerprint density at radius 3 is 2.61 bits per heavy atom. The van der Waals surface area contributed by atoms with E-state index in [2.05, 4.69) is 9.97 Å². The molecule has 0 saturated heterocycles. The standard InChI is InChI=1S/C17H19BN2O5.CO2/c1-4-23-16(21)7-14-17-10(2)5-12(6-13(17)18(22)25-14)24-15-9-19-11(3)8-20-15;2-1-3/h5-6,8-9,14,22H,4,7H2,1-3H3;. The molecule has 0 fully saturated rings. The first-order chi connectivity index (χ1) is 13.4. The fraction of sp³-hybridized carbons (Fsp3) is 0.333. The van der Waals surface area contributed by atoms with Crippen LogP contribution in [0.3, 0.4) is 0 Å². The number of hydrogen-bond donors (Lipinski definition) is 1. The molecule has 0 bridgehead atoms. The smallest absolute Gasteiger partial charge is 0.466 e. The van der Waals surface area contributed by atoms with E-state index >= 15 is 0 Å². The second-order valence-corrected chi connectivity index (χ2v) is 5.91. The molecule has 146 valence electrons. The highest BCUT2D eigenvalue weighted by Gasteiger charge is 2.38. The number of ether oxygens (including phenoxy) is 2. The SMILES string of the molecule is CCOC(=O)CC1OB(O)c2cc(Oc3cnc(C)cn3)cc(C)c21.O=C=O. The van der Waals surface area contributed by atoms with E-state index in [1.165, 1.54) is 6.20 Å². The van der Waals surface area contributed by atoms with E-state index in [0.29, 0.717) is 23.7 Å². The summed E-state index contributed by atoms with van der Waals surface area (Å²) in [5.41, 5.74) is 3.04. The van der Waals surface area contributed by atoms with E-state index < -0.39 is 13.2 Å². The third-order valence-corrected chi connectivity index (χ3v) is 3.91. The van der Waals surface area contributed by atoms with Crippen molar-refractivity contribution in [3.05, 3.63) is 41.3 Å². The Labute approximate surface area is 161 Å². The molecule has 0 amide bonds. The van der Waals surface area contributed by atoms with Crippen LogP contribution in [0.25, 0.3) is 0 Å². The average molecular weight is 386 g/mol. The van der Waals surface area contributed by atoms with Gasteiger partial charge in [-0.3, -0.25) is 9.78 Å². The lowest BCUT2D eigenvalue weighted by Gasteiger charge is -2.14. The van der Waals surface area contributed by atoms with Gasteiger partial charge in [-0.25, -0.2) is 4.98 Å². The summed E-state index contributed by atoms with van der Waals surface area (Å²) in [7, 11) is -1.11. The van der Waals surface area contributed by atoms with Gasteiger partial charge in [-0.1, -0.05) is 0 Å². The van der Waals surface area contributed by atoms with E-state index in [-0.39, 0.29) is 18.5 Å². The van der Waals surface area contributed by atoms with E-state index in [1.807, 2.05) is 19.9 Å². The molecular weight excluding hydrogens is 367 g/mol. The van der Waals surface area contributed by atoms with Gasteiger partial charge in [-0.2, -0.15) is 9.59 Å². The van der Waals surface area contributed by atoms with Crippen LogP contribution in [-0.2, 0) is 23.8 Å². The normalized spacial score (nSPS) is 14.4. The maximum absolute atomic E-state index is 11.7. The third-order valence-electron chi connectivity index (χ3n) is 3.91. The highest BCUT2D eigenvalue weighted by atomic mass is 16.5. The van der Waals surface area contributed by atoms with Crippen LogP contribution >= 0.6 is 0 Å². The molecule has 0 saturated carbocycles. The molecule has 2 heterocycles. The molecule has 0 spiro atoms. The van der Waals surface area contributed by atoms with Gasteiger partial charge in [0.05, 0.1) is 37.2 Å². The van der Waals surface area contributed by atoms with E-state index in [1.54, 1.807) is 19.2 Å². The first kappa shape index (κ1) is 21.2. The molecule has 28 heavy (non-hydrogen) atoms. The van der Waals surface area contributed by atoms with Gasteiger partial charge in [0.25, 0.3) is 0 Å². The van der Waals surface area contributed by atoms with Gasteiger partial charge in [0.1, 0.15) is 5.75 Å². The molecule has 1 aromatic carbocycles. The number of benzene rings is 1. The summed E-state index contributed by atoms with van der Waals surface area (Å²) in [5, 5.41) is 10.2. The van der Waals surface area contributed by atoms with Crippen molar-refractivity contribution in [1.29, 1.82) is 0 Å².